The Morgan fingerprint density at radius 3 is 2.96 bits per heavy atom. The van der Waals surface area contributed by atoms with Crippen LogP contribution in [0.25, 0.3) is 10.9 Å². The first-order valence-electron chi connectivity index (χ1n) is 9.10. The van der Waals surface area contributed by atoms with Crippen molar-refractivity contribution >= 4 is 16.9 Å². The predicted octanol–water partition coefficient (Wildman–Crippen LogP) is 2.97. The van der Waals surface area contributed by atoms with E-state index in [4.69, 9.17) is 0 Å². The predicted molar refractivity (Wildman–Crippen MR) is 103 cm³/mol. The molecule has 134 valence electrons. The zero-order valence-electron chi connectivity index (χ0n) is 15.0. The maximum atomic E-state index is 12.1. The van der Waals surface area contributed by atoms with Crippen LogP contribution >= 0.6 is 0 Å². The Balaban J connectivity index is 1.41. The number of nitrogens with one attached hydrogen (secondary N) is 3. The Labute approximate surface area is 149 Å². The van der Waals surface area contributed by atoms with Crippen molar-refractivity contribution in [3.05, 3.63) is 48.2 Å². The molecular weight excluding hydrogens is 312 g/mol. The summed E-state index contributed by atoms with van der Waals surface area (Å²) < 4.78 is 0. The number of aromatic nitrogens is 1. The van der Waals surface area contributed by atoms with Crippen molar-refractivity contribution in [2.75, 3.05) is 26.2 Å². The average molecular weight is 340 g/mol. The number of hydrogen-bond donors (Lipinski definition) is 3. The van der Waals surface area contributed by atoms with E-state index >= 15 is 0 Å². The summed E-state index contributed by atoms with van der Waals surface area (Å²) in [7, 11) is 0. The molecule has 0 aliphatic carbocycles. The van der Waals surface area contributed by atoms with Gasteiger partial charge in [-0.1, -0.05) is 18.2 Å². The van der Waals surface area contributed by atoms with Gasteiger partial charge < -0.3 is 15.6 Å². The third-order valence-corrected chi connectivity index (χ3v) is 4.91. The smallest absolute Gasteiger partial charge is 0.315 e. The summed E-state index contributed by atoms with van der Waals surface area (Å²) in [5.74, 6) is 0. The maximum absolute atomic E-state index is 12.1. The normalized spacial score (nSPS) is 16.0. The van der Waals surface area contributed by atoms with Gasteiger partial charge in [-0.2, -0.15) is 0 Å². The molecule has 5 nitrogen and oxygen atoms in total. The molecule has 1 fully saturated rings. The van der Waals surface area contributed by atoms with Crippen molar-refractivity contribution in [3.63, 3.8) is 0 Å². The molecule has 1 aromatic carbocycles. The van der Waals surface area contributed by atoms with Gasteiger partial charge in [0.15, 0.2) is 0 Å². The van der Waals surface area contributed by atoms with E-state index < -0.39 is 0 Å². The highest BCUT2D eigenvalue weighted by molar-refractivity contribution is 5.83. The summed E-state index contributed by atoms with van der Waals surface area (Å²) in [4.78, 5) is 17.8. The monoisotopic (exact) mass is 340 g/mol. The highest BCUT2D eigenvalue weighted by atomic mass is 16.2. The lowest BCUT2D eigenvalue weighted by Gasteiger charge is -2.31. The minimum Gasteiger partial charge on any atom is -0.361 e. The second kappa shape index (κ2) is 8.21. The summed E-state index contributed by atoms with van der Waals surface area (Å²) in [6.07, 6.45) is 6.81. The minimum absolute atomic E-state index is 0.0575. The van der Waals surface area contributed by atoms with Gasteiger partial charge in [0, 0.05) is 49.3 Å². The number of fused-ring (bicyclic) bond motifs is 1. The second-order valence-electron chi connectivity index (χ2n) is 6.88. The van der Waals surface area contributed by atoms with Crippen LogP contribution in [0.4, 0.5) is 4.79 Å². The van der Waals surface area contributed by atoms with Gasteiger partial charge >= 0.3 is 6.03 Å². The van der Waals surface area contributed by atoms with Crippen LogP contribution in [-0.2, 0) is 6.42 Å². The second-order valence-corrected chi connectivity index (χ2v) is 6.88. The summed E-state index contributed by atoms with van der Waals surface area (Å²) in [6.45, 7) is 9.48. The van der Waals surface area contributed by atoms with Crippen molar-refractivity contribution in [2.24, 2.45) is 0 Å². The SMILES string of the molecule is C=CCN1CCC(NC(=O)NCCc2c[nH]c3cc(C)ccc23)CC1. The first-order valence-corrected chi connectivity index (χ1v) is 9.10. The Morgan fingerprint density at radius 1 is 1.40 bits per heavy atom. The van der Waals surface area contributed by atoms with Crippen LogP contribution in [-0.4, -0.2) is 48.1 Å². The van der Waals surface area contributed by atoms with Crippen molar-refractivity contribution in [1.82, 2.24) is 20.5 Å². The number of rotatable bonds is 6. The van der Waals surface area contributed by atoms with Crippen LogP contribution in [0.15, 0.2) is 37.1 Å². The van der Waals surface area contributed by atoms with Gasteiger partial charge in [0.2, 0.25) is 0 Å². The molecule has 2 heterocycles. The quantitative estimate of drug-likeness (QED) is 0.708. The minimum atomic E-state index is -0.0575. The van der Waals surface area contributed by atoms with E-state index in [0.29, 0.717) is 6.54 Å². The van der Waals surface area contributed by atoms with Crippen LogP contribution in [0.1, 0.15) is 24.0 Å². The first-order chi connectivity index (χ1) is 12.2. The summed E-state index contributed by atoms with van der Waals surface area (Å²) in [5, 5.41) is 7.32. The van der Waals surface area contributed by atoms with E-state index in [1.807, 2.05) is 12.3 Å². The molecule has 2 aromatic rings. The molecule has 0 unspecified atom stereocenters. The largest absolute Gasteiger partial charge is 0.361 e. The Hall–Kier alpha value is -2.27. The molecule has 1 aliphatic rings. The lowest BCUT2D eigenvalue weighted by atomic mass is 10.1. The van der Waals surface area contributed by atoms with Gasteiger partial charge in [0.05, 0.1) is 0 Å². The molecule has 0 radical (unpaired) electrons. The molecule has 25 heavy (non-hydrogen) atoms. The Morgan fingerprint density at radius 2 is 2.20 bits per heavy atom. The first kappa shape index (κ1) is 17.5. The number of benzene rings is 1. The van der Waals surface area contributed by atoms with Gasteiger partial charge in [-0.25, -0.2) is 4.79 Å². The molecule has 5 heteroatoms. The lowest BCUT2D eigenvalue weighted by Crippen LogP contribution is -2.48. The number of H-pyrrole nitrogens is 1. The maximum Gasteiger partial charge on any atom is 0.315 e. The fourth-order valence-corrected chi connectivity index (χ4v) is 3.50. The highest BCUT2D eigenvalue weighted by Crippen LogP contribution is 2.19. The summed E-state index contributed by atoms with van der Waals surface area (Å²) >= 11 is 0. The number of carbonyl (C=O) groups excluding carboxylic acids is 1. The highest BCUT2D eigenvalue weighted by Gasteiger charge is 2.19. The topological polar surface area (TPSA) is 60.2 Å². The third-order valence-electron chi connectivity index (χ3n) is 4.91. The lowest BCUT2D eigenvalue weighted by molar-refractivity contribution is 0.204. The van der Waals surface area contributed by atoms with Crippen molar-refractivity contribution in [3.8, 4) is 0 Å². The van der Waals surface area contributed by atoms with E-state index in [9.17, 15) is 4.79 Å². The number of urea groups is 1. The molecule has 0 saturated carbocycles. The van der Waals surface area contributed by atoms with Gasteiger partial charge in [-0.05, 0) is 43.4 Å². The van der Waals surface area contributed by atoms with Crippen molar-refractivity contribution in [2.45, 2.75) is 32.2 Å². The summed E-state index contributed by atoms with van der Waals surface area (Å²) in [5.41, 5.74) is 3.65. The van der Waals surface area contributed by atoms with Crippen molar-refractivity contribution < 1.29 is 4.79 Å². The Bertz CT molecular complexity index is 728. The molecular formula is C20H28N4O. The van der Waals surface area contributed by atoms with Crippen LogP contribution in [0.2, 0.25) is 0 Å². The number of amides is 2. The van der Waals surface area contributed by atoms with Crippen LogP contribution in [0.3, 0.4) is 0 Å². The van der Waals surface area contributed by atoms with E-state index in [2.05, 4.69) is 52.2 Å². The number of piperidine rings is 1. The Kier molecular flexibility index (Phi) is 5.76. The van der Waals surface area contributed by atoms with Crippen LogP contribution < -0.4 is 10.6 Å². The van der Waals surface area contributed by atoms with E-state index in [1.54, 1.807) is 0 Å². The van der Waals surface area contributed by atoms with Gasteiger partial charge in [-0.3, -0.25) is 4.90 Å². The molecule has 0 spiro atoms. The number of nitrogens with zero attached hydrogens (tertiary/aromatic N) is 1. The molecule has 0 bridgehead atoms. The molecule has 1 aliphatic heterocycles. The zero-order valence-corrected chi connectivity index (χ0v) is 15.0. The number of likely N-dealkylation sites (tertiary alicyclic amines) is 1. The van der Waals surface area contributed by atoms with Crippen LogP contribution in [0.5, 0.6) is 0 Å². The van der Waals surface area contributed by atoms with Crippen molar-refractivity contribution in [1.29, 1.82) is 0 Å². The molecule has 1 saturated heterocycles. The van der Waals surface area contributed by atoms with E-state index in [0.717, 1.165) is 44.4 Å². The standard InChI is InChI=1S/C20H28N4O/c1-3-10-24-11-7-17(8-12-24)23-20(25)21-9-6-16-14-22-19-13-15(2)4-5-18(16)19/h3-5,13-14,17,22H,1,6-12H2,2H3,(H2,21,23,25). The number of hydrogen-bond acceptors (Lipinski definition) is 2. The molecule has 0 atom stereocenters. The number of aromatic amines is 1. The third kappa shape index (κ3) is 4.63. The average Bonchev–Trinajstić information content (AvgIpc) is 2.99. The fraction of sp³-hybridized carbons (Fsp3) is 0.450. The summed E-state index contributed by atoms with van der Waals surface area (Å²) in [6, 6.07) is 6.64. The molecule has 3 N–H and O–H groups in total. The molecule has 1 aromatic heterocycles. The number of carbonyl (C=O) groups is 1. The number of aryl methyl sites for hydroxylation is 1. The van der Waals surface area contributed by atoms with Gasteiger partial charge in [0.25, 0.3) is 0 Å². The molecule has 2 amide bonds. The van der Waals surface area contributed by atoms with Crippen LogP contribution in [0, 0.1) is 6.92 Å². The van der Waals surface area contributed by atoms with E-state index in [1.165, 1.54) is 16.5 Å². The van der Waals surface area contributed by atoms with Gasteiger partial charge in [0.1, 0.15) is 0 Å². The zero-order chi connectivity index (χ0) is 17.6. The van der Waals surface area contributed by atoms with Gasteiger partial charge in [-0.15, -0.1) is 6.58 Å². The fourth-order valence-electron chi connectivity index (χ4n) is 3.50. The molecule has 3 rings (SSSR count). The van der Waals surface area contributed by atoms with E-state index in [-0.39, 0.29) is 12.1 Å².